The maximum Gasteiger partial charge on any atom is 0.315 e. The number of thioether (sulfide) groups is 1. The molecule has 428 valence electrons. The predicted molar refractivity (Wildman–Crippen MR) is 274 cm³/mol. The molecule has 1 unspecified atom stereocenters. The van der Waals surface area contributed by atoms with E-state index in [1.165, 1.54) is 0 Å². The molecular formula is C50H94N4O18S. The number of hydrogen-bond acceptors (Lipinski definition) is 20. The number of urea groups is 1. The lowest BCUT2D eigenvalue weighted by Crippen LogP contribution is -2.36. The van der Waals surface area contributed by atoms with Gasteiger partial charge in [0.25, 0.3) is 0 Å². The molecule has 0 aromatic carbocycles. The highest BCUT2D eigenvalue weighted by atomic mass is 32.2. The first kappa shape index (κ1) is 66.6. The highest BCUT2D eigenvalue weighted by Gasteiger charge is 2.42. The van der Waals surface area contributed by atoms with E-state index in [9.17, 15) is 19.2 Å². The third-order valence-corrected chi connectivity index (χ3v) is 11.9. The number of nitrogens with one attached hydrogen (secondary N) is 3. The molecule has 0 aromatic rings. The molecule has 73 heavy (non-hydrogen) atoms. The molecule has 0 radical (unpaired) electrons. The quantitative estimate of drug-likeness (QED) is 0.0451. The second-order valence-electron chi connectivity index (χ2n) is 19.1. The topological polar surface area (TPSA) is 237 Å². The Kier molecular flexibility index (Phi) is 39.8. The molecule has 2 aliphatic heterocycles. The first-order valence-corrected chi connectivity index (χ1v) is 27.3. The standard InChI is InChI=1S/C50H94N4O18S/c1-49(2,3)71-45(56)11-17-59-23-29-65-35-38-68-32-26-62-20-14-54(15-21-63-27-33-69-39-36-66-30-24-60-18-12-46(57)72-50(4,5)6)16-22-64-28-34-70-40-37-67-31-25-61-19-13-51-44(55)10-8-7-9-43-47-42(41-73-43)52-48(58)53-47/h42-43,47H,7-41H2,1-6H3,(H,51,55)(H2,52,53,58)/t42-,43?,47-/m1/s1. The summed E-state index contributed by atoms with van der Waals surface area (Å²) in [5.41, 5.74) is -1.00. The largest absolute Gasteiger partial charge is 0.460 e. The number of hydrogen-bond donors (Lipinski definition) is 3. The van der Waals surface area contributed by atoms with Gasteiger partial charge in [0.1, 0.15) is 11.2 Å². The summed E-state index contributed by atoms with van der Waals surface area (Å²) < 4.78 is 78.0. The molecule has 0 aromatic heterocycles. The molecule has 0 bridgehead atoms. The Labute approximate surface area is 439 Å². The maximum absolute atomic E-state index is 12.2. The molecule has 2 aliphatic rings. The Morgan fingerprint density at radius 1 is 0.493 bits per heavy atom. The molecule has 0 saturated carbocycles. The van der Waals surface area contributed by atoms with Crippen molar-refractivity contribution in [1.29, 1.82) is 0 Å². The van der Waals surface area contributed by atoms with E-state index in [0.29, 0.717) is 196 Å². The number of rotatable bonds is 50. The molecule has 3 amide bonds. The number of unbranched alkanes of at least 4 members (excludes halogenated alkanes) is 1. The van der Waals surface area contributed by atoms with Gasteiger partial charge in [0, 0.05) is 43.6 Å². The van der Waals surface area contributed by atoms with Gasteiger partial charge in [0.15, 0.2) is 0 Å². The summed E-state index contributed by atoms with van der Waals surface area (Å²) in [7, 11) is 0. The van der Waals surface area contributed by atoms with Crippen molar-refractivity contribution in [1.82, 2.24) is 20.9 Å². The molecule has 3 atom stereocenters. The van der Waals surface area contributed by atoms with Crippen molar-refractivity contribution in [2.75, 3.05) is 190 Å². The van der Waals surface area contributed by atoms with Crippen molar-refractivity contribution >= 4 is 35.6 Å². The van der Waals surface area contributed by atoms with Crippen LogP contribution < -0.4 is 16.0 Å². The third kappa shape index (κ3) is 41.4. The Morgan fingerprint density at radius 3 is 1.23 bits per heavy atom. The van der Waals surface area contributed by atoms with Gasteiger partial charge in [-0.05, 0) is 54.4 Å². The van der Waals surface area contributed by atoms with Crippen LogP contribution in [0.4, 0.5) is 4.79 Å². The van der Waals surface area contributed by atoms with Crippen molar-refractivity contribution in [2.24, 2.45) is 0 Å². The molecular weight excluding hydrogens is 977 g/mol. The third-order valence-electron chi connectivity index (χ3n) is 10.4. The number of amides is 3. The molecule has 3 N–H and O–H groups in total. The monoisotopic (exact) mass is 1070 g/mol. The zero-order valence-electron chi connectivity index (χ0n) is 45.2. The van der Waals surface area contributed by atoms with E-state index < -0.39 is 11.2 Å². The smallest absolute Gasteiger partial charge is 0.315 e. The number of carbonyl (C=O) groups excluding carboxylic acids is 4. The lowest BCUT2D eigenvalue weighted by Gasteiger charge is -2.22. The molecule has 2 rings (SSSR count). The normalized spacial score (nSPS) is 16.7. The first-order valence-electron chi connectivity index (χ1n) is 26.3. The van der Waals surface area contributed by atoms with E-state index in [2.05, 4.69) is 20.9 Å². The van der Waals surface area contributed by atoms with Crippen LogP contribution in [0.5, 0.6) is 0 Å². The Bertz CT molecular complexity index is 1340. The Balaban J connectivity index is 1.45. The van der Waals surface area contributed by atoms with Crippen LogP contribution in [0, 0.1) is 0 Å². The SMILES string of the molecule is CC(C)(C)OC(=O)CCOCCOCCOCCOCCN(CCOCCOCCOCCOCCNC(=O)CCCCC1SC[C@H]2NC(=O)N[C@@H]12)CCOCCOCCOCCOCCC(=O)OC(C)(C)C. The van der Waals surface area contributed by atoms with Crippen molar-refractivity contribution in [3.05, 3.63) is 0 Å². The summed E-state index contributed by atoms with van der Waals surface area (Å²) in [6.07, 6.45) is 3.68. The van der Waals surface area contributed by atoms with Crippen LogP contribution in [0.15, 0.2) is 0 Å². The fourth-order valence-corrected chi connectivity index (χ4v) is 8.47. The van der Waals surface area contributed by atoms with Gasteiger partial charge in [0.05, 0.1) is 183 Å². The highest BCUT2D eigenvalue weighted by molar-refractivity contribution is 8.00. The highest BCUT2D eigenvalue weighted by Crippen LogP contribution is 2.33. The average Bonchev–Trinajstić information content (AvgIpc) is 3.89. The molecule has 2 fully saturated rings. The van der Waals surface area contributed by atoms with Gasteiger partial charge in [-0.3, -0.25) is 19.3 Å². The zero-order chi connectivity index (χ0) is 53.1. The van der Waals surface area contributed by atoms with Gasteiger partial charge >= 0.3 is 18.0 Å². The van der Waals surface area contributed by atoms with Gasteiger partial charge in [-0.2, -0.15) is 11.8 Å². The Hall–Kier alpha value is -2.49. The summed E-state index contributed by atoms with van der Waals surface area (Å²) in [4.78, 5) is 49.4. The average molecular weight is 1070 g/mol. The summed E-state index contributed by atoms with van der Waals surface area (Å²) in [6.45, 7) is 23.9. The molecule has 0 spiro atoms. The first-order chi connectivity index (χ1) is 35.2. The van der Waals surface area contributed by atoms with Crippen molar-refractivity contribution < 1.29 is 85.5 Å². The minimum absolute atomic E-state index is 0.0288. The number of esters is 2. The summed E-state index contributed by atoms with van der Waals surface area (Å²) in [5.74, 6) is 0.413. The van der Waals surface area contributed by atoms with Gasteiger partial charge < -0.3 is 82.3 Å². The minimum Gasteiger partial charge on any atom is -0.460 e. The molecule has 23 heteroatoms. The number of ether oxygens (including phenoxy) is 14. The summed E-state index contributed by atoms with van der Waals surface area (Å²) >= 11 is 1.89. The van der Waals surface area contributed by atoms with Crippen molar-refractivity contribution in [3.63, 3.8) is 0 Å². The lowest BCUT2D eigenvalue weighted by atomic mass is 10.0. The predicted octanol–water partition coefficient (Wildman–Crippen LogP) is 2.79. The second-order valence-corrected chi connectivity index (χ2v) is 20.4. The molecule has 0 aliphatic carbocycles. The van der Waals surface area contributed by atoms with Crippen molar-refractivity contribution in [2.45, 2.75) is 109 Å². The van der Waals surface area contributed by atoms with Crippen LogP contribution in [-0.2, 0) is 80.7 Å². The van der Waals surface area contributed by atoms with Crippen LogP contribution in [-0.4, -0.2) is 248 Å². The van der Waals surface area contributed by atoms with Crippen LogP contribution in [0.2, 0.25) is 0 Å². The Morgan fingerprint density at radius 2 is 0.849 bits per heavy atom. The van der Waals surface area contributed by atoms with Crippen LogP contribution in [0.25, 0.3) is 0 Å². The van der Waals surface area contributed by atoms with E-state index in [1.807, 2.05) is 53.3 Å². The van der Waals surface area contributed by atoms with E-state index in [4.69, 9.17) is 66.3 Å². The fourth-order valence-electron chi connectivity index (χ4n) is 6.92. The van der Waals surface area contributed by atoms with Crippen LogP contribution >= 0.6 is 11.8 Å². The van der Waals surface area contributed by atoms with Crippen LogP contribution in [0.1, 0.15) is 80.1 Å². The maximum atomic E-state index is 12.2. The molecule has 22 nitrogen and oxygen atoms in total. The van der Waals surface area contributed by atoms with Gasteiger partial charge in [-0.25, -0.2) is 4.79 Å². The van der Waals surface area contributed by atoms with Gasteiger partial charge in [-0.1, -0.05) is 6.42 Å². The summed E-state index contributed by atoms with van der Waals surface area (Å²) in [5, 5.41) is 9.29. The number of nitrogens with zero attached hydrogens (tertiary/aromatic N) is 1. The van der Waals surface area contributed by atoms with Crippen molar-refractivity contribution in [3.8, 4) is 0 Å². The van der Waals surface area contributed by atoms with E-state index in [-0.39, 0.29) is 48.8 Å². The summed E-state index contributed by atoms with van der Waals surface area (Å²) in [6, 6.07) is 0.365. The molecule has 2 heterocycles. The molecule has 2 saturated heterocycles. The zero-order valence-corrected chi connectivity index (χ0v) is 46.0. The fraction of sp³-hybridized carbons (Fsp3) is 0.920. The van der Waals surface area contributed by atoms with E-state index in [1.54, 1.807) is 0 Å². The number of fused-ring (bicyclic) bond motifs is 1. The van der Waals surface area contributed by atoms with Gasteiger partial charge in [0.2, 0.25) is 5.91 Å². The van der Waals surface area contributed by atoms with E-state index >= 15 is 0 Å². The van der Waals surface area contributed by atoms with Crippen LogP contribution in [0.3, 0.4) is 0 Å². The number of carbonyl (C=O) groups is 4. The van der Waals surface area contributed by atoms with E-state index in [0.717, 1.165) is 25.0 Å². The second kappa shape index (κ2) is 43.6. The minimum atomic E-state index is -0.502. The van der Waals surface area contributed by atoms with Gasteiger partial charge in [-0.15, -0.1) is 0 Å². The lowest BCUT2D eigenvalue weighted by molar-refractivity contribution is -0.157.